The summed E-state index contributed by atoms with van der Waals surface area (Å²) >= 11 is 0. The van der Waals surface area contributed by atoms with Crippen molar-refractivity contribution >= 4 is 11.6 Å². The zero-order chi connectivity index (χ0) is 18.6. The molecule has 0 aliphatic heterocycles. The molecule has 0 spiro atoms. The van der Waals surface area contributed by atoms with Crippen molar-refractivity contribution in [3.63, 3.8) is 0 Å². The number of nitro groups is 1. The monoisotopic (exact) mass is 344 g/mol. The molecule has 1 N–H and O–H groups in total. The molecule has 7 nitrogen and oxygen atoms in total. The van der Waals surface area contributed by atoms with Crippen molar-refractivity contribution in [2.75, 3.05) is 14.2 Å². The molecule has 0 bridgehead atoms. The second-order valence-corrected chi connectivity index (χ2v) is 5.51. The normalized spacial score (nSPS) is 11.5. The van der Waals surface area contributed by atoms with Gasteiger partial charge in [0, 0.05) is 22.8 Å². The van der Waals surface area contributed by atoms with Crippen LogP contribution in [0, 0.1) is 17.0 Å². The first kappa shape index (κ1) is 18.3. The van der Waals surface area contributed by atoms with Crippen molar-refractivity contribution in [2.45, 2.75) is 19.9 Å². The molecule has 0 saturated heterocycles. The van der Waals surface area contributed by atoms with E-state index >= 15 is 0 Å². The number of ether oxygens (including phenoxy) is 2. The molecule has 7 heteroatoms. The van der Waals surface area contributed by atoms with E-state index < -0.39 is 10.8 Å². The van der Waals surface area contributed by atoms with Gasteiger partial charge in [-0.25, -0.2) is 0 Å². The third kappa shape index (κ3) is 3.88. The predicted molar refractivity (Wildman–Crippen MR) is 93.3 cm³/mol. The number of rotatable bonds is 6. The van der Waals surface area contributed by atoms with E-state index in [9.17, 15) is 14.9 Å². The average molecular weight is 344 g/mol. The maximum Gasteiger partial charge on any atom is 0.273 e. The Morgan fingerprint density at radius 1 is 1.20 bits per heavy atom. The van der Waals surface area contributed by atoms with E-state index in [1.807, 2.05) is 6.92 Å². The van der Waals surface area contributed by atoms with Gasteiger partial charge in [0.1, 0.15) is 11.5 Å². The lowest BCUT2D eigenvalue weighted by Crippen LogP contribution is -2.27. The Bertz CT molecular complexity index is 804. The summed E-state index contributed by atoms with van der Waals surface area (Å²) in [5.41, 5.74) is 1.26. The van der Waals surface area contributed by atoms with Gasteiger partial charge in [-0.05, 0) is 38.1 Å². The summed E-state index contributed by atoms with van der Waals surface area (Å²) in [6, 6.07) is 9.36. The number of nitrogens with one attached hydrogen (secondary N) is 1. The molecular weight excluding hydrogens is 324 g/mol. The summed E-state index contributed by atoms with van der Waals surface area (Å²) in [5.74, 6) is 0.867. The highest BCUT2D eigenvalue weighted by Crippen LogP contribution is 2.30. The van der Waals surface area contributed by atoms with Crippen molar-refractivity contribution in [1.82, 2.24) is 5.32 Å². The van der Waals surface area contributed by atoms with Crippen molar-refractivity contribution in [2.24, 2.45) is 0 Å². The van der Waals surface area contributed by atoms with Gasteiger partial charge in [0.25, 0.3) is 11.6 Å². The van der Waals surface area contributed by atoms with Gasteiger partial charge < -0.3 is 14.8 Å². The van der Waals surface area contributed by atoms with Crippen LogP contribution >= 0.6 is 0 Å². The van der Waals surface area contributed by atoms with E-state index in [4.69, 9.17) is 9.47 Å². The average Bonchev–Trinajstić information content (AvgIpc) is 2.60. The van der Waals surface area contributed by atoms with Crippen molar-refractivity contribution in [1.29, 1.82) is 0 Å². The van der Waals surface area contributed by atoms with Crippen LogP contribution in [0.1, 0.15) is 34.5 Å². The number of benzene rings is 2. The Labute approximate surface area is 145 Å². The highest BCUT2D eigenvalue weighted by atomic mass is 16.6. The zero-order valence-corrected chi connectivity index (χ0v) is 14.5. The quantitative estimate of drug-likeness (QED) is 0.640. The van der Waals surface area contributed by atoms with Crippen LogP contribution in [0.4, 0.5) is 5.69 Å². The lowest BCUT2D eigenvalue weighted by atomic mass is 10.0. The van der Waals surface area contributed by atoms with Crippen LogP contribution < -0.4 is 14.8 Å². The smallest absolute Gasteiger partial charge is 0.273 e. The SMILES string of the molecule is COc1ccc(OC)c(C(C)NC(=O)c2cccc([N+](=O)[O-])c2C)c1. The van der Waals surface area contributed by atoms with Gasteiger partial charge in [-0.1, -0.05) is 6.07 Å². The molecule has 0 aliphatic carbocycles. The molecule has 0 aliphatic rings. The molecule has 132 valence electrons. The first-order chi connectivity index (χ1) is 11.9. The number of hydrogen-bond donors (Lipinski definition) is 1. The molecule has 1 amide bonds. The van der Waals surface area contributed by atoms with Gasteiger partial charge in [0.15, 0.2) is 0 Å². The number of nitrogens with zero attached hydrogens (tertiary/aromatic N) is 1. The van der Waals surface area contributed by atoms with Gasteiger partial charge in [-0.2, -0.15) is 0 Å². The van der Waals surface area contributed by atoms with E-state index in [1.54, 1.807) is 45.4 Å². The maximum absolute atomic E-state index is 12.6. The summed E-state index contributed by atoms with van der Waals surface area (Å²) in [7, 11) is 3.10. The molecule has 2 aromatic carbocycles. The number of carbonyl (C=O) groups is 1. The number of carbonyl (C=O) groups excluding carboxylic acids is 1. The molecule has 2 aromatic rings. The Kier molecular flexibility index (Phi) is 5.59. The Morgan fingerprint density at radius 2 is 1.92 bits per heavy atom. The minimum Gasteiger partial charge on any atom is -0.497 e. The molecule has 25 heavy (non-hydrogen) atoms. The van der Waals surface area contributed by atoms with Crippen LogP contribution in [0.5, 0.6) is 11.5 Å². The van der Waals surface area contributed by atoms with E-state index in [0.717, 1.165) is 5.56 Å². The fraction of sp³-hybridized carbons (Fsp3) is 0.278. The summed E-state index contributed by atoms with van der Waals surface area (Å²) in [5, 5.41) is 13.9. The van der Waals surface area contributed by atoms with Crippen LogP contribution in [-0.2, 0) is 0 Å². The maximum atomic E-state index is 12.6. The van der Waals surface area contributed by atoms with E-state index in [-0.39, 0.29) is 17.3 Å². The minimum absolute atomic E-state index is 0.0840. The second-order valence-electron chi connectivity index (χ2n) is 5.51. The highest BCUT2D eigenvalue weighted by molar-refractivity contribution is 5.96. The molecule has 0 heterocycles. The Hall–Kier alpha value is -3.09. The molecular formula is C18H20N2O5. The molecule has 0 aromatic heterocycles. The minimum atomic E-state index is -0.499. The van der Waals surface area contributed by atoms with Crippen molar-refractivity contribution in [3.8, 4) is 11.5 Å². The molecule has 1 atom stereocenters. The fourth-order valence-electron chi connectivity index (χ4n) is 2.60. The number of nitro benzene ring substituents is 1. The van der Waals surface area contributed by atoms with Crippen molar-refractivity contribution in [3.05, 3.63) is 63.2 Å². The van der Waals surface area contributed by atoms with E-state index in [1.165, 1.54) is 12.1 Å². The molecule has 0 fully saturated rings. The van der Waals surface area contributed by atoms with Crippen LogP contribution in [-0.4, -0.2) is 25.1 Å². The number of methoxy groups -OCH3 is 2. The third-order valence-corrected chi connectivity index (χ3v) is 4.00. The van der Waals surface area contributed by atoms with Crippen molar-refractivity contribution < 1.29 is 19.2 Å². The standard InChI is InChI=1S/C18H20N2O5/c1-11-14(6-5-7-16(11)20(22)23)18(21)19-12(2)15-10-13(24-3)8-9-17(15)25-4/h5-10,12H,1-4H3,(H,19,21). The summed E-state index contributed by atoms with van der Waals surface area (Å²) in [4.78, 5) is 23.1. The van der Waals surface area contributed by atoms with Gasteiger partial charge in [-0.15, -0.1) is 0 Å². The van der Waals surface area contributed by atoms with Crippen LogP contribution in [0.2, 0.25) is 0 Å². The first-order valence-electron chi connectivity index (χ1n) is 7.65. The topological polar surface area (TPSA) is 90.7 Å². The second kappa shape index (κ2) is 7.65. The first-order valence-corrected chi connectivity index (χ1v) is 7.65. The largest absolute Gasteiger partial charge is 0.497 e. The lowest BCUT2D eigenvalue weighted by Gasteiger charge is -2.18. The summed E-state index contributed by atoms with van der Waals surface area (Å²) in [6.07, 6.45) is 0. The van der Waals surface area contributed by atoms with Gasteiger partial charge >= 0.3 is 0 Å². The van der Waals surface area contributed by atoms with Crippen LogP contribution in [0.3, 0.4) is 0 Å². The van der Waals surface area contributed by atoms with E-state index in [0.29, 0.717) is 17.1 Å². The molecule has 2 rings (SSSR count). The van der Waals surface area contributed by atoms with Crippen LogP contribution in [0.25, 0.3) is 0 Å². The Balaban J connectivity index is 2.30. The zero-order valence-electron chi connectivity index (χ0n) is 14.5. The summed E-state index contributed by atoms with van der Waals surface area (Å²) < 4.78 is 10.5. The van der Waals surface area contributed by atoms with Crippen LogP contribution in [0.15, 0.2) is 36.4 Å². The van der Waals surface area contributed by atoms with Gasteiger partial charge in [0.05, 0.1) is 25.2 Å². The highest BCUT2D eigenvalue weighted by Gasteiger charge is 2.21. The Morgan fingerprint density at radius 3 is 2.52 bits per heavy atom. The third-order valence-electron chi connectivity index (χ3n) is 4.00. The lowest BCUT2D eigenvalue weighted by molar-refractivity contribution is -0.385. The predicted octanol–water partition coefficient (Wildman–Crippen LogP) is 3.41. The number of hydrogen-bond acceptors (Lipinski definition) is 5. The molecule has 0 saturated carbocycles. The number of amides is 1. The molecule has 0 radical (unpaired) electrons. The van der Waals surface area contributed by atoms with Gasteiger partial charge in [-0.3, -0.25) is 14.9 Å². The molecule has 1 unspecified atom stereocenters. The fourth-order valence-corrected chi connectivity index (χ4v) is 2.60. The van der Waals surface area contributed by atoms with E-state index in [2.05, 4.69) is 5.32 Å². The van der Waals surface area contributed by atoms with Gasteiger partial charge in [0.2, 0.25) is 0 Å². The summed E-state index contributed by atoms with van der Waals surface area (Å²) in [6.45, 7) is 3.37.